The normalized spacial score (nSPS) is 13.7. The molecule has 6 heteroatoms. The van der Waals surface area contributed by atoms with Crippen molar-refractivity contribution in [3.8, 4) is 0 Å². The van der Waals surface area contributed by atoms with Gasteiger partial charge in [0.15, 0.2) is 0 Å². The van der Waals surface area contributed by atoms with E-state index in [2.05, 4.69) is 10.0 Å². The summed E-state index contributed by atoms with van der Waals surface area (Å²) in [6, 6.07) is 7.03. The molecule has 0 aliphatic heterocycles. The molecular formula is C9H11N5O. The van der Waals surface area contributed by atoms with E-state index < -0.39 is 18.0 Å². The minimum absolute atomic E-state index is 0.668. The summed E-state index contributed by atoms with van der Waals surface area (Å²) in [5.74, 6) is -0.698. The van der Waals surface area contributed by atoms with Crippen molar-refractivity contribution in [3.63, 3.8) is 0 Å². The van der Waals surface area contributed by atoms with Crippen molar-refractivity contribution in [1.82, 2.24) is 0 Å². The SMILES string of the molecule is [N-]=[N+]=N[C@H](c1ccccc1)[C@@H](N)C(N)=O. The molecule has 15 heavy (non-hydrogen) atoms. The minimum atomic E-state index is -1.01. The molecule has 1 aromatic rings. The Bertz CT molecular complexity index is 385. The van der Waals surface area contributed by atoms with E-state index in [1.54, 1.807) is 24.3 Å². The molecule has 0 saturated carbocycles. The van der Waals surface area contributed by atoms with Gasteiger partial charge in [0.1, 0.15) is 0 Å². The molecule has 0 aromatic heterocycles. The molecule has 0 spiro atoms. The van der Waals surface area contributed by atoms with E-state index in [9.17, 15) is 4.79 Å². The van der Waals surface area contributed by atoms with E-state index >= 15 is 0 Å². The van der Waals surface area contributed by atoms with Gasteiger partial charge in [-0.25, -0.2) is 0 Å². The van der Waals surface area contributed by atoms with E-state index in [0.29, 0.717) is 5.56 Å². The zero-order valence-corrected chi connectivity index (χ0v) is 7.95. The maximum Gasteiger partial charge on any atom is 0.235 e. The lowest BCUT2D eigenvalue weighted by Gasteiger charge is -2.16. The van der Waals surface area contributed by atoms with Crippen molar-refractivity contribution in [2.24, 2.45) is 16.6 Å². The summed E-state index contributed by atoms with van der Waals surface area (Å²) in [6.45, 7) is 0. The van der Waals surface area contributed by atoms with Gasteiger partial charge in [0, 0.05) is 4.91 Å². The average Bonchev–Trinajstić information content (AvgIpc) is 2.26. The third-order valence-electron chi connectivity index (χ3n) is 1.99. The van der Waals surface area contributed by atoms with Gasteiger partial charge in [-0.3, -0.25) is 4.79 Å². The van der Waals surface area contributed by atoms with Crippen LogP contribution in [0.1, 0.15) is 11.6 Å². The fraction of sp³-hybridized carbons (Fsp3) is 0.222. The van der Waals surface area contributed by atoms with Gasteiger partial charge in [-0.2, -0.15) is 0 Å². The highest BCUT2D eigenvalue weighted by molar-refractivity contribution is 5.80. The fourth-order valence-electron chi connectivity index (χ4n) is 1.21. The highest BCUT2D eigenvalue weighted by Crippen LogP contribution is 2.19. The molecule has 0 aliphatic rings. The molecule has 0 saturated heterocycles. The van der Waals surface area contributed by atoms with Gasteiger partial charge in [0.2, 0.25) is 5.91 Å². The second kappa shape index (κ2) is 4.99. The molecule has 0 heterocycles. The first-order valence-electron chi connectivity index (χ1n) is 4.31. The number of benzene rings is 1. The molecule has 0 aliphatic carbocycles. The summed E-state index contributed by atoms with van der Waals surface area (Å²) >= 11 is 0. The Balaban J connectivity index is 3.03. The Labute approximate surface area is 86.5 Å². The van der Waals surface area contributed by atoms with Gasteiger partial charge in [0.05, 0.1) is 12.1 Å². The molecule has 6 nitrogen and oxygen atoms in total. The predicted octanol–water partition coefficient (Wildman–Crippen LogP) is 0.851. The molecule has 1 rings (SSSR count). The Kier molecular flexibility index (Phi) is 3.68. The van der Waals surface area contributed by atoms with Crippen LogP contribution in [0.15, 0.2) is 35.4 Å². The highest BCUT2D eigenvalue weighted by Gasteiger charge is 2.22. The summed E-state index contributed by atoms with van der Waals surface area (Å²) in [7, 11) is 0. The number of nitrogens with two attached hydrogens (primary N) is 2. The van der Waals surface area contributed by atoms with Crippen LogP contribution in [0.2, 0.25) is 0 Å². The Morgan fingerprint density at radius 1 is 1.40 bits per heavy atom. The number of hydrogen-bond donors (Lipinski definition) is 2. The summed E-state index contributed by atoms with van der Waals surface area (Å²) in [6.07, 6.45) is 0. The van der Waals surface area contributed by atoms with Crippen LogP contribution in [-0.2, 0) is 4.79 Å². The van der Waals surface area contributed by atoms with Crippen molar-refractivity contribution in [1.29, 1.82) is 0 Å². The van der Waals surface area contributed by atoms with Crippen LogP contribution < -0.4 is 11.5 Å². The zero-order chi connectivity index (χ0) is 11.3. The van der Waals surface area contributed by atoms with Crippen molar-refractivity contribution in [3.05, 3.63) is 46.3 Å². The molecular weight excluding hydrogens is 194 g/mol. The van der Waals surface area contributed by atoms with Crippen LogP contribution >= 0.6 is 0 Å². The number of primary amides is 1. The second-order valence-electron chi connectivity index (χ2n) is 2.99. The number of rotatable bonds is 4. The van der Waals surface area contributed by atoms with Gasteiger partial charge in [0.25, 0.3) is 0 Å². The molecule has 2 atom stereocenters. The summed E-state index contributed by atoms with van der Waals surface area (Å²) < 4.78 is 0. The molecule has 78 valence electrons. The Morgan fingerprint density at radius 2 is 2.00 bits per heavy atom. The topological polar surface area (TPSA) is 118 Å². The lowest BCUT2D eigenvalue weighted by molar-refractivity contribution is -0.119. The first-order valence-corrected chi connectivity index (χ1v) is 4.31. The molecule has 0 fully saturated rings. The highest BCUT2D eigenvalue weighted by atomic mass is 16.1. The van der Waals surface area contributed by atoms with Gasteiger partial charge in [-0.05, 0) is 11.1 Å². The van der Waals surface area contributed by atoms with E-state index in [1.807, 2.05) is 6.07 Å². The van der Waals surface area contributed by atoms with Crippen LogP contribution in [0.25, 0.3) is 10.4 Å². The lowest BCUT2D eigenvalue weighted by Crippen LogP contribution is -2.40. The second-order valence-corrected chi connectivity index (χ2v) is 2.99. The standard InChI is InChI=1S/C9H11N5O/c10-7(9(11)15)8(13-14-12)6-4-2-1-3-5-6/h1-5,7-8H,10H2,(H2,11,15)/t7-,8-/m1/s1. The van der Waals surface area contributed by atoms with Crippen LogP contribution in [-0.4, -0.2) is 11.9 Å². The zero-order valence-electron chi connectivity index (χ0n) is 7.95. The Hall–Kier alpha value is -2.04. The quantitative estimate of drug-likeness (QED) is 0.430. The number of nitrogens with zero attached hydrogens (tertiary/aromatic N) is 3. The first-order chi connectivity index (χ1) is 7.16. The Morgan fingerprint density at radius 3 is 2.47 bits per heavy atom. The third-order valence-corrected chi connectivity index (χ3v) is 1.99. The molecule has 0 unspecified atom stereocenters. The minimum Gasteiger partial charge on any atom is -0.368 e. The van der Waals surface area contributed by atoms with Crippen LogP contribution in [0, 0.1) is 0 Å². The molecule has 4 N–H and O–H groups in total. The maximum atomic E-state index is 10.9. The third kappa shape index (κ3) is 2.70. The predicted molar refractivity (Wildman–Crippen MR) is 55.5 cm³/mol. The number of amides is 1. The monoisotopic (exact) mass is 205 g/mol. The van der Waals surface area contributed by atoms with Crippen LogP contribution in [0.4, 0.5) is 0 Å². The fourth-order valence-corrected chi connectivity index (χ4v) is 1.21. The summed E-state index contributed by atoms with van der Waals surface area (Å²) in [5.41, 5.74) is 19.6. The van der Waals surface area contributed by atoms with Crippen molar-refractivity contribution in [2.45, 2.75) is 12.1 Å². The summed E-state index contributed by atoms with van der Waals surface area (Å²) in [5, 5.41) is 3.47. The average molecular weight is 205 g/mol. The molecule has 1 amide bonds. The van der Waals surface area contributed by atoms with Gasteiger partial charge >= 0.3 is 0 Å². The number of carbonyl (C=O) groups excluding carboxylic acids is 1. The smallest absolute Gasteiger partial charge is 0.235 e. The van der Waals surface area contributed by atoms with E-state index in [0.717, 1.165) is 0 Å². The summed E-state index contributed by atoms with van der Waals surface area (Å²) in [4.78, 5) is 13.6. The van der Waals surface area contributed by atoms with Crippen molar-refractivity contribution < 1.29 is 4.79 Å². The van der Waals surface area contributed by atoms with Gasteiger partial charge in [-0.15, -0.1) is 0 Å². The largest absolute Gasteiger partial charge is 0.368 e. The first kappa shape index (κ1) is 11.0. The van der Waals surface area contributed by atoms with Gasteiger partial charge in [-0.1, -0.05) is 35.4 Å². The number of carbonyl (C=O) groups is 1. The molecule has 0 radical (unpaired) electrons. The van der Waals surface area contributed by atoms with Crippen molar-refractivity contribution in [2.75, 3.05) is 0 Å². The number of azide groups is 1. The van der Waals surface area contributed by atoms with Gasteiger partial charge < -0.3 is 11.5 Å². The number of hydrogen-bond acceptors (Lipinski definition) is 3. The van der Waals surface area contributed by atoms with Crippen LogP contribution in [0.5, 0.6) is 0 Å². The maximum absolute atomic E-state index is 10.9. The van der Waals surface area contributed by atoms with E-state index in [4.69, 9.17) is 17.0 Å². The van der Waals surface area contributed by atoms with E-state index in [1.165, 1.54) is 0 Å². The molecule has 1 aromatic carbocycles. The molecule has 0 bridgehead atoms. The van der Waals surface area contributed by atoms with Crippen molar-refractivity contribution >= 4 is 5.91 Å². The lowest BCUT2D eigenvalue weighted by atomic mass is 10.0. The van der Waals surface area contributed by atoms with Crippen LogP contribution in [0.3, 0.4) is 0 Å². The van der Waals surface area contributed by atoms with E-state index in [-0.39, 0.29) is 0 Å².